The van der Waals surface area contributed by atoms with Crippen molar-refractivity contribution in [2.24, 2.45) is 5.73 Å². The summed E-state index contributed by atoms with van der Waals surface area (Å²) in [5.74, 6) is 1.80. The van der Waals surface area contributed by atoms with Crippen LogP contribution >= 0.6 is 0 Å². The van der Waals surface area contributed by atoms with Gasteiger partial charge in [-0.2, -0.15) is 0 Å². The first-order valence-electron chi connectivity index (χ1n) is 10.2. The topological polar surface area (TPSA) is 106 Å². The molecule has 2 aromatic rings. The molecule has 0 amide bonds. The maximum atomic E-state index is 12.7. The van der Waals surface area contributed by atoms with Crippen molar-refractivity contribution in [2.45, 2.75) is 19.3 Å². The monoisotopic (exact) mass is 451 g/mol. The van der Waals surface area contributed by atoms with Crippen LogP contribution in [0.2, 0.25) is 0 Å². The van der Waals surface area contributed by atoms with E-state index < -0.39 is 17.9 Å². The van der Waals surface area contributed by atoms with Gasteiger partial charge in [-0.25, -0.2) is 4.79 Å². The van der Waals surface area contributed by atoms with Gasteiger partial charge < -0.3 is 29.4 Å². The summed E-state index contributed by atoms with van der Waals surface area (Å²) in [5, 5.41) is 0. The smallest absolute Gasteiger partial charge is 0.340 e. The Bertz CT molecular complexity index is 1110. The second kappa shape index (κ2) is 10.5. The van der Waals surface area contributed by atoms with Crippen molar-refractivity contribution in [3.8, 4) is 40.7 Å². The molecule has 0 radical (unpaired) electrons. The van der Waals surface area contributed by atoms with Gasteiger partial charge in [-0.3, -0.25) is 4.79 Å². The van der Waals surface area contributed by atoms with E-state index in [1.54, 1.807) is 33.3 Å². The van der Waals surface area contributed by atoms with Crippen LogP contribution in [0.1, 0.15) is 24.8 Å². The first kappa shape index (κ1) is 23.5. The average molecular weight is 451 g/mol. The molecule has 1 heterocycles. The quantitative estimate of drug-likeness (QED) is 0.482. The van der Waals surface area contributed by atoms with Crippen molar-refractivity contribution in [3.05, 3.63) is 53.4 Å². The second-order valence-electron chi connectivity index (χ2n) is 7.08. The van der Waals surface area contributed by atoms with Gasteiger partial charge in [0.2, 0.25) is 5.88 Å². The number of methoxy groups -OCH3 is 2. The molecule has 1 aliphatic heterocycles. The lowest BCUT2D eigenvalue weighted by Crippen LogP contribution is -2.28. The minimum Gasteiger partial charge on any atom is -0.497 e. The predicted molar refractivity (Wildman–Crippen MR) is 121 cm³/mol. The summed E-state index contributed by atoms with van der Waals surface area (Å²) in [6.07, 6.45) is 5.02. The van der Waals surface area contributed by atoms with Gasteiger partial charge in [-0.15, -0.1) is 6.42 Å². The number of hydrogen-bond donors (Lipinski definition) is 1. The van der Waals surface area contributed by atoms with Gasteiger partial charge in [-0.05, 0) is 42.3 Å². The standard InChI is InChI=1S/C25H25NO7/c1-5-9-32-22(27)14-20-19-12-15(16-10-17(29-3)13-18(11-16)30-4)7-8-21(19)33-24(26)23(20)25(28)31-6-2/h1,7-8,10-13,20H,6,9,14,26H2,2-4H3. The Hall–Kier alpha value is -4.12. The third-order valence-corrected chi connectivity index (χ3v) is 5.09. The molecule has 0 spiro atoms. The van der Waals surface area contributed by atoms with Crippen LogP contribution in [-0.2, 0) is 19.1 Å². The van der Waals surface area contributed by atoms with Gasteiger partial charge in [0, 0.05) is 17.5 Å². The number of ether oxygens (including phenoxy) is 5. The highest BCUT2D eigenvalue weighted by molar-refractivity contribution is 5.93. The van der Waals surface area contributed by atoms with Gasteiger partial charge in [0.15, 0.2) is 6.61 Å². The summed E-state index contributed by atoms with van der Waals surface area (Å²) in [4.78, 5) is 25.1. The molecule has 3 rings (SSSR count). The lowest BCUT2D eigenvalue weighted by atomic mass is 9.84. The van der Waals surface area contributed by atoms with Crippen molar-refractivity contribution in [2.75, 3.05) is 27.4 Å². The third-order valence-electron chi connectivity index (χ3n) is 5.09. The number of fused-ring (bicyclic) bond motifs is 1. The maximum absolute atomic E-state index is 12.7. The number of carbonyl (C=O) groups excluding carboxylic acids is 2. The van der Waals surface area contributed by atoms with Gasteiger partial charge >= 0.3 is 11.9 Å². The molecule has 1 unspecified atom stereocenters. The zero-order chi connectivity index (χ0) is 24.0. The summed E-state index contributed by atoms with van der Waals surface area (Å²) in [6, 6.07) is 10.8. The van der Waals surface area contributed by atoms with Gasteiger partial charge in [0.1, 0.15) is 22.8 Å². The molecule has 1 aliphatic rings. The fraction of sp³-hybridized carbons (Fsp3) is 0.280. The summed E-state index contributed by atoms with van der Waals surface area (Å²) in [6.45, 7) is 1.64. The lowest BCUT2D eigenvalue weighted by molar-refractivity contribution is -0.142. The number of rotatable bonds is 8. The van der Waals surface area contributed by atoms with E-state index in [2.05, 4.69) is 5.92 Å². The Kier molecular flexibility index (Phi) is 7.46. The summed E-state index contributed by atoms with van der Waals surface area (Å²) in [7, 11) is 3.13. The minimum absolute atomic E-state index is 0.0578. The molecule has 172 valence electrons. The second-order valence-corrected chi connectivity index (χ2v) is 7.08. The lowest BCUT2D eigenvalue weighted by Gasteiger charge is -2.28. The van der Waals surface area contributed by atoms with Crippen LogP contribution in [0.4, 0.5) is 0 Å². The van der Waals surface area contributed by atoms with Crippen LogP contribution in [-0.4, -0.2) is 39.4 Å². The van der Waals surface area contributed by atoms with Gasteiger partial charge in [-0.1, -0.05) is 12.0 Å². The van der Waals surface area contributed by atoms with E-state index in [1.807, 2.05) is 24.3 Å². The van der Waals surface area contributed by atoms with Crippen LogP contribution in [0.5, 0.6) is 17.2 Å². The largest absolute Gasteiger partial charge is 0.497 e. The SMILES string of the molecule is C#CCOC(=O)CC1C(C(=O)OCC)=C(N)Oc2ccc(-c3cc(OC)cc(OC)c3)cc21. The Morgan fingerprint density at radius 3 is 2.36 bits per heavy atom. The molecule has 8 nitrogen and oxygen atoms in total. The summed E-state index contributed by atoms with van der Waals surface area (Å²) >= 11 is 0. The van der Waals surface area contributed by atoms with Crippen LogP contribution in [0.15, 0.2) is 47.9 Å². The zero-order valence-electron chi connectivity index (χ0n) is 18.7. The summed E-state index contributed by atoms with van der Waals surface area (Å²) in [5.41, 5.74) is 8.30. The molecular weight excluding hydrogens is 426 g/mol. The summed E-state index contributed by atoms with van der Waals surface area (Å²) < 4.78 is 26.6. The van der Waals surface area contributed by atoms with E-state index in [0.717, 1.165) is 11.1 Å². The fourth-order valence-corrected chi connectivity index (χ4v) is 3.58. The Balaban J connectivity index is 2.09. The molecule has 0 aromatic heterocycles. The van der Waals surface area contributed by atoms with E-state index in [4.69, 9.17) is 35.8 Å². The van der Waals surface area contributed by atoms with Crippen molar-refractivity contribution < 1.29 is 33.3 Å². The maximum Gasteiger partial charge on any atom is 0.340 e. The molecule has 2 aromatic carbocycles. The molecule has 0 aliphatic carbocycles. The molecule has 0 saturated heterocycles. The predicted octanol–water partition coefficient (Wildman–Crippen LogP) is 3.15. The van der Waals surface area contributed by atoms with E-state index in [1.165, 1.54) is 0 Å². The van der Waals surface area contributed by atoms with Crippen LogP contribution in [0.25, 0.3) is 11.1 Å². The van der Waals surface area contributed by atoms with Crippen LogP contribution < -0.4 is 19.9 Å². The first-order chi connectivity index (χ1) is 15.9. The van der Waals surface area contributed by atoms with Crippen molar-refractivity contribution in [1.29, 1.82) is 0 Å². The highest BCUT2D eigenvalue weighted by Gasteiger charge is 2.36. The number of hydrogen-bond acceptors (Lipinski definition) is 8. The van der Waals surface area contributed by atoms with Crippen molar-refractivity contribution >= 4 is 11.9 Å². The molecule has 0 bridgehead atoms. The highest BCUT2D eigenvalue weighted by atomic mass is 16.5. The zero-order valence-corrected chi connectivity index (χ0v) is 18.7. The average Bonchev–Trinajstić information content (AvgIpc) is 2.82. The molecule has 2 N–H and O–H groups in total. The normalized spacial score (nSPS) is 14.4. The molecule has 0 saturated carbocycles. The van der Waals surface area contributed by atoms with Gasteiger partial charge in [0.25, 0.3) is 0 Å². The van der Waals surface area contributed by atoms with E-state index in [9.17, 15) is 9.59 Å². The molecule has 33 heavy (non-hydrogen) atoms. The highest BCUT2D eigenvalue weighted by Crippen LogP contribution is 2.43. The van der Waals surface area contributed by atoms with Crippen molar-refractivity contribution in [3.63, 3.8) is 0 Å². The van der Waals surface area contributed by atoms with Gasteiger partial charge in [0.05, 0.1) is 27.2 Å². The molecule has 1 atom stereocenters. The number of nitrogens with two attached hydrogens (primary N) is 1. The Labute approximate surface area is 192 Å². The number of esters is 2. The molecular formula is C25H25NO7. The number of terminal acetylenes is 1. The van der Waals surface area contributed by atoms with E-state index in [-0.39, 0.29) is 31.1 Å². The van der Waals surface area contributed by atoms with Crippen LogP contribution in [0, 0.1) is 12.3 Å². The number of carbonyl (C=O) groups is 2. The Morgan fingerprint density at radius 2 is 1.76 bits per heavy atom. The van der Waals surface area contributed by atoms with E-state index in [0.29, 0.717) is 22.8 Å². The first-order valence-corrected chi connectivity index (χ1v) is 10.2. The van der Waals surface area contributed by atoms with Crippen LogP contribution in [0.3, 0.4) is 0 Å². The fourth-order valence-electron chi connectivity index (χ4n) is 3.58. The van der Waals surface area contributed by atoms with E-state index >= 15 is 0 Å². The third kappa shape index (κ3) is 5.21. The van der Waals surface area contributed by atoms with Crippen molar-refractivity contribution in [1.82, 2.24) is 0 Å². The Morgan fingerprint density at radius 1 is 1.06 bits per heavy atom. The molecule has 0 fully saturated rings. The number of benzene rings is 2. The minimum atomic E-state index is -0.745. The molecule has 8 heteroatoms.